The first-order valence-electron chi connectivity index (χ1n) is 9.33. The van der Waals surface area contributed by atoms with Crippen molar-refractivity contribution in [3.8, 4) is 11.5 Å². The minimum Gasteiger partial charge on any atom is -0.497 e. The van der Waals surface area contributed by atoms with Gasteiger partial charge in [-0.05, 0) is 46.5 Å². The molecule has 28 heavy (non-hydrogen) atoms. The number of carbonyl (C=O) groups excluding carboxylic acids is 1. The average molecular weight is 378 g/mol. The van der Waals surface area contributed by atoms with Gasteiger partial charge in [0.05, 0.1) is 20.3 Å². The molecule has 0 radical (unpaired) electrons. The molecule has 5 heteroatoms. The van der Waals surface area contributed by atoms with E-state index in [1.807, 2.05) is 36.4 Å². The second-order valence-electron chi connectivity index (χ2n) is 6.68. The van der Waals surface area contributed by atoms with Gasteiger partial charge in [-0.3, -0.25) is 4.79 Å². The molecule has 0 saturated carbocycles. The van der Waals surface area contributed by atoms with Crippen LogP contribution in [0.4, 0.5) is 0 Å². The number of methoxy groups -OCH3 is 2. The number of hydrogen-bond acceptors (Lipinski definition) is 4. The number of carbonyl (C=O) groups is 1. The number of benzene rings is 3. The van der Waals surface area contributed by atoms with Crippen molar-refractivity contribution in [2.75, 3.05) is 20.8 Å². The molecule has 3 rings (SSSR count). The standard InChI is InChI=1S/C23H26N2O3/c1-27-20-11-16(12-21(14-20)28-2)7-10-23(26)25-22(15-24)19-9-8-17-5-3-4-6-18(17)13-19/h3-6,8-9,11-14,22H,7,10,15,24H2,1-2H3,(H,25,26). The number of amides is 1. The number of aryl methyl sites for hydroxylation is 1. The van der Waals surface area contributed by atoms with E-state index in [4.69, 9.17) is 15.2 Å². The molecule has 0 bridgehead atoms. The Morgan fingerprint density at radius 3 is 2.29 bits per heavy atom. The number of ether oxygens (including phenoxy) is 2. The van der Waals surface area contributed by atoms with Gasteiger partial charge in [0.25, 0.3) is 0 Å². The Balaban J connectivity index is 1.65. The largest absolute Gasteiger partial charge is 0.497 e. The van der Waals surface area contributed by atoms with Crippen LogP contribution in [0.15, 0.2) is 60.7 Å². The highest BCUT2D eigenvalue weighted by molar-refractivity contribution is 5.83. The third kappa shape index (κ3) is 4.81. The van der Waals surface area contributed by atoms with Crippen LogP contribution in [0.2, 0.25) is 0 Å². The fourth-order valence-corrected chi connectivity index (χ4v) is 3.24. The van der Waals surface area contributed by atoms with Crippen LogP contribution in [0.5, 0.6) is 11.5 Å². The average Bonchev–Trinajstić information content (AvgIpc) is 2.75. The van der Waals surface area contributed by atoms with E-state index in [2.05, 4.69) is 29.6 Å². The molecular weight excluding hydrogens is 352 g/mol. The molecule has 146 valence electrons. The van der Waals surface area contributed by atoms with E-state index in [1.165, 1.54) is 5.39 Å². The zero-order chi connectivity index (χ0) is 19.9. The third-order valence-electron chi connectivity index (χ3n) is 4.80. The summed E-state index contributed by atoms with van der Waals surface area (Å²) >= 11 is 0. The Kier molecular flexibility index (Phi) is 6.50. The van der Waals surface area contributed by atoms with Crippen molar-refractivity contribution in [2.24, 2.45) is 5.73 Å². The lowest BCUT2D eigenvalue weighted by molar-refractivity contribution is -0.121. The van der Waals surface area contributed by atoms with Crippen LogP contribution in [0.25, 0.3) is 10.8 Å². The maximum absolute atomic E-state index is 12.5. The number of nitrogens with one attached hydrogen (secondary N) is 1. The normalized spacial score (nSPS) is 11.8. The molecule has 3 aromatic rings. The summed E-state index contributed by atoms with van der Waals surface area (Å²) in [4.78, 5) is 12.5. The number of fused-ring (bicyclic) bond motifs is 1. The fraction of sp³-hybridized carbons (Fsp3) is 0.261. The summed E-state index contributed by atoms with van der Waals surface area (Å²) in [5, 5.41) is 5.35. The quantitative estimate of drug-likeness (QED) is 0.628. The Hall–Kier alpha value is -3.05. The van der Waals surface area contributed by atoms with Crippen LogP contribution in [-0.4, -0.2) is 26.7 Å². The van der Waals surface area contributed by atoms with Gasteiger partial charge >= 0.3 is 0 Å². The summed E-state index contributed by atoms with van der Waals surface area (Å²) < 4.78 is 10.6. The molecule has 0 fully saturated rings. The van der Waals surface area contributed by atoms with Crippen molar-refractivity contribution in [3.05, 3.63) is 71.8 Å². The molecule has 1 amide bonds. The van der Waals surface area contributed by atoms with Crippen molar-refractivity contribution >= 4 is 16.7 Å². The smallest absolute Gasteiger partial charge is 0.220 e. The number of rotatable bonds is 8. The highest BCUT2D eigenvalue weighted by atomic mass is 16.5. The van der Waals surface area contributed by atoms with Gasteiger partial charge < -0.3 is 20.5 Å². The van der Waals surface area contributed by atoms with E-state index in [-0.39, 0.29) is 11.9 Å². The molecule has 5 nitrogen and oxygen atoms in total. The Bertz CT molecular complexity index is 933. The first-order valence-corrected chi connectivity index (χ1v) is 9.33. The Morgan fingerprint density at radius 2 is 1.64 bits per heavy atom. The van der Waals surface area contributed by atoms with Crippen molar-refractivity contribution in [1.82, 2.24) is 5.32 Å². The number of nitrogens with two attached hydrogens (primary N) is 1. The minimum atomic E-state index is -0.211. The van der Waals surface area contributed by atoms with Gasteiger partial charge in [-0.25, -0.2) is 0 Å². The molecule has 0 aliphatic heterocycles. The zero-order valence-corrected chi connectivity index (χ0v) is 16.3. The van der Waals surface area contributed by atoms with Gasteiger partial charge in [-0.15, -0.1) is 0 Å². The van der Waals surface area contributed by atoms with Gasteiger partial charge in [0.2, 0.25) is 5.91 Å². The summed E-state index contributed by atoms with van der Waals surface area (Å²) in [5.74, 6) is 1.39. The predicted molar refractivity (Wildman–Crippen MR) is 112 cm³/mol. The van der Waals surface area contributed by atoms with E-state index < -0.39 is 0 Å². The van der Waals surface area contributed by atoms with Crippen molar-refractivity contribution in [3.63, 3.8) is 0 Å². The van der Waals surface area contributed by atoms with E-state index in [9.17, 15) is 4.79 Å². The molecule has 0 saturated heterocycles. The van der Waals surface area contributed by atoms with E-state index >= 15 is 0 Å². The second-order valence-corrected chi connectivity index (χ2v) is 6.68. The zero-order valence-electron chi connectivity index (χ0n) is 16.3. The molecule has 0 spiro atoms. The van der Waals surface area contributed by atoms with Gasteiger partial charge in [0, 0.05) is 19.0 Å². The van der Waals surface area contributed by atoms with Gasteiger partial charge in [0.1, 0.15) is 11.5 Å². The van der Waals surface area contributed by atoms with Crippen LogP contribution in [0.1, 0.15) is 23.6 Å². The van der Waals surface area contributed by atoms with E-state index in [0.29, 0.717) is 30.9 Å². The molecule has 0 aromatic heterocycles. The molecule has 1 atom stereocenters. The molecule has 3 N–H and O–H groups in total. The van der Waals surface area contributed by atoms with Crippen LogP contribution in [-0.2, 0) is 11.2 Å². The molecular formula is C23H26N2O3. The number of hydrogen-bond donors (Lipinski definition) is 2. The third-order valence-corrected chi connectivity index (χ3v) is 4.80. The molecule has 1 unspecified atom stereocenters. The Labute approximate surface area is 165 Å². The lowest BCUT2D eigenvalue weighted by atomic mass is 10.0. The van der Waals surface area contributed by atoms with E-state index in [1.54, 1.807) is 14.2 Å². The van der Waals surface area contributed by atoms with Crippen LogP contribution < -0.4 is 20.5 Å². The lowest BCUT2D eigenvalue weighted by Crippen LogP contribution is -2.33. The van der Waals surface area contributed by atoms with Gasteiger partial charge in [0.15, 0.2) is 0 Å². The lowest BCUT2D eigenvalue weighted by Gasteiger charge is -2.18. The maximum Gasteiger partial charge on any atom is 0.220 e. The summed E-state index contributed by atoms with van der Waals surface area (Å²) in [5.41, 5.74) is 7.93. The Morgan fingerprint density at radius 1 is 0.964 bits per heavy atom. The monoisotopic (exact) mass is 378 g/mol. The van der Waals surface area contributed by atoms with Crippen molar-refractivity contribution in [1.29, 1.82) is 0 Å². The van der Waals surface area contributed by atoms with Crippen LogP contribution in [0.3, 0.4) is 0 Å². The topological polar surface area (TPSA) is 73.6 Å². The molecule has 0 aliphatic rings. The predicted octanol–water partition coefficient (Wildman–Crippen LogP) is 3.61. The molecule has 3 aromatic carbocycles. The second kappa shape index (κ2) is 9.24. The fourth-order valence-electron chi connectivity index (χ4n) is 3.24. The van der Waals surface area contributed by atoms with Crippen molar-refractivity contribution < 1.29 is 14.3 Å². The summed E-state index contributed by atoms with van der Waals surface area (Å²) in [6.45, 7) is 0.344. The summed E-state index contributed by atoms with van der Waals surface area (Å²) in [6.07, 6.45) is 0.953. The maximum atomic E-state index is 12.5. The summed E-state index contributed by atoms with van der Waals surface area (Å²) in [6, 6.07) is 19.7. The highest BCUT2D eigenvalue weighted by Gasteiger charge is 2.14. The first kappa shape index (κ1) is 19.7. The first-order chi connectivity index (χ1) is 13.6. The van der Waals surface area contributed by atoms with Crippen LogP contribution in [0, 0.1) is 0 Å². The minimum absolute atomic E-state index is 0.0367. The highest BCUT2D eigenvalue weighted by Crippen LogP contribution is 2.24. The van der Waals surface area contributed by atoms with Crippen molar-refractivity contribution in [2.45, 2.75) is 18.9 Å². The SMILES string of the molecule is COc1cc(CCC(=O)NC(CN)c2ccc3ccccc3c2)cc(OC)c1. The van der Waals surface area contributed by atoms with Gasteiger partial charge in [-0.1, -0.05) is 36.4 Å². The van der Waals surface area contributed by atoms with Crippen LogP contribution >= 0.6 is 0 Å². The van der Waals surface area contributed by atoms with E-state index in [0.717, 1.165) is 16.5 Å². The van der Waals surface area contributed by atoms with Gasteiger partial charge in [-0.2, -0.15) is 0 Å². The molecule has 0 aliphatic carbocycles. The summed E-state index contributed by atoms with van der Waals surface area (Å²) in [7, 11) is 3.22. The molecule has 0 heterocycles.